The smallest absolute Gasteiger partial charge is 0.270 e. The molecule has 1 heterocycles. The highest BCUT2D eigenvalue weighted by atomic mass is 32.2. The molecule has 0 aliphatic carbocycles. The van der Waals surface area contributed by atoms with E-state index in [9.17, 15) is 4.79 Å². The number of hydrogen-bond donors (Lipinski definition) is 0. The number of thiocarbonyl (C=S) groups is 1. The van der Waals surface area contributed by atoms with Gasteiger partial charge in [0.25, 0.3) is 5.91 Å². The van der Waals surface area contributed by atoms with Crippen LogP contribution in [0.25, 0.3) is 6.08 Å². The largest absolute Gasteiger partial charge is 0.489 e. The van der Waals surface area contributed by atoms with Gasteiger partial charge in [0, 0.05) is 5.56 Å². The van der Waals surface area contributed by atoms with Crippen LogP contribution in [0.3, 0.4) is 0 Å². The molecule has 1 amide bonds. The number of nitrogens with zero attached hydrogens (tertiary/aromatic N) is 1. The van der Waals surface area contributed by atoms with Crippen LogP contribution in [0.15, 0.2) is 60.0 Å². The van der Waals surface area contributed by atoms with Crippen LogP contribution >= 0.6 is 24.0 Å². The van der Waals surface area contributed by atoms with Gasteiger partial charge < -0.3 is 4.74 Å². The molecule has 0 atom stereocenters. The lowest BCUT2D eigenvalue weighted by Gasteiger charge is -2.16. The number of aryl methyl sites for hydroxylation is 2. The normalized spacial score (nSPS) is 15.6. The standard InChI is InChI=1S/C21H19NO2S2/c1-4-11-24-18-8-6-5-7-16(18)13-19-20(23)22(21(25)26-19)17-10-9-14(2)15(3)12-17/h4-10,12-13H,1,11H2,2-3H3/b19-13-. The second-order valence-electron chi connectivity index (χ2n) is 5.92. The maximum absolute atomic E-state index is 12.9. The summed E-state index contributed by atoms with van der Waals surface area (Å²) in [5.41, 5.74) is 3.96. The molecular weight excluding hydrogens is 362 g/mol. The first-order valence-electron chi connectivity index (χ1n) is 8.19. The zero-order valence-electron chi connectivity index (χ0n) is 14.7. The van der Waals surface area contributed by atoms with Crippen LogP contribution in [-0.4, -0.2) is 16.8 Å². The molecular formula is C21H19NO2S2. The molecule has 1 fully saturated rings. The lowest BCUT2D eigenvalue weighted by atomic mass is 10.1. The van der Waals surface area contributed by atoms with E-state index < -0.39 is 0 Å². The summed E-state index contributed by atoms with van der Waals surface area (Å²) >= 11 is 6.76. The third kappa shape index (κ3) is 3.74. The summed E-state index contributed by atoms with van der Waals surface area (Å²) in [5, 5.41) is 0. The van der Waals surface area contributed by atoms with Crippen LogP contribution in [0, 0.1) is 13.8 Å². The molecule has 0 aromatic heterocycles. The van der Waals surface area contributed by atoms with Gasteiger partial charge in [-0.1, -0.05) is 60.9 Å². The van der Waals surface area contributed by atoms with E-state index >= 15 is 0 Å². The number of carbonyl (C=O) groups excluding carboxylic acids is 1. The van der Waals surface area contributed by atoms with Gasteiger partial charge in [-0.05, 0) is 49.2 Å². The lowest BCUT2D eigenvalue weighted by Crippen LogP contribution is -2.27. The summed E-state index contributed by atoms with van der Waals surface area (Å²) in [4.78, 5) is 15.1. The summed E-state index contributed by atoms with van der Waals surface area (Å²) in [6, 6.07) is 13.5. The molecule has 0 N–H and O–H groups in total. The van der Waals surface area contributed by atoms with Crippen molar-refractivity contribution >= 4 is 46.0 Å². The molecule has 2 aromatic rings. The van der Waals surface area contributed by atoms with Gasteiger partial charge in [0.2, 0.25) is 0 Å². The number of carbonyl (C=O) groups is 1. The van der Waals surface area contributed by atoms with Crippen molar-refractivity contribution in [2.75, 3.05) is 11.5 Å². The van der Waals surface area contributed by atoms with Crippen LogP contribution in [0.2, 0.25) is 0 Å². The van der Waals surface area contributed by atoms with E-state index in [2.05, 4.69) is 6.58 Å². The SMILES string of the molecule is C=CCOc1ccccc1/C=C1\SC(=S)N(c2ccc(C)c(C)c2)C1=O. The summed E-state index contributed by atoms with van der Waals surface area (Å²) in [7, 11) is 0. The Morgan fingerprint density at radius 2 is 1.96 bits per heavy atom. The zero-order chi connectivity index (χ0) is 18.7. The molecule has 5 heteroatoms. The first kappa shape index (κ1) is 18.4. The Balaban J connectivity index is 1.93. The molecule has 1 aliphatic rings. The average Bonchev–Trinajstić information content (AvgIpc) is 2.90. The minimum atomic E-state index is -0.109. The summed E-state index contributed by atoms with van der Waals surface area (Å²) in [6.07, 6.45) is 3.52. The Bertz CT molecular complexity index is 918. The monoisotopic (exact) mass is 381 g/mol. The molecule has 2 aromatic carbocycles. The fourth-order valence-corrected chi connectivity index (χ4v) is 3.87. The predicted octanol–water partition coefficient (Wildman–Crippen LogP) is 5.27. The Morgan fingerprint density at radius 1 is 1.19 bits per heavy atom. The zero-order valence-corrected chi connectivity index (χ0v) is 16.3. The fraction of sp³-hybridized carbons (Fsp3) is 0.143. The van der Waals surface area contributed by atoms with E-state index in [0.29, 0.717) is 21.6 Å². The highest BCUT2D eigenvalue weighted by Gasteiger charge is 2.33. The van der Waals surface area contributed by atoms with Gasteiger partial charge in [0.15, 0.2) is 4.32 Å². The van der Waals surface area contributed by atoms with Crippen molar-refractivity contribution in [1.29, 1.82) is 0 Å². The number of thioether (sulfide) groups is 1. The molecule has 0 spiro atoms. The van der Waals surface area contributed by atoms with Crippen molar-refractivity contribution in [1.82, 2.24) is 0 Å². The molecule has 0 unspecified atom stereocenters. The maximum Gasteiger partial charge on any atom is 0.270 e. The van der Waals surface area contributed by atoms with E-state index in [-0.39, 0.29) is 5.91 Å². The maximum atomic E-state index is 12.9. The predicted molar refractivity (Wildman–Crippen MR) is 114 cm³/mol. The second-order valence-corrected chi connectivity index (χ2v) is 7.60. The minimum Gasteiger partial charge on any atom is -0.489 e. The summed E-state index contributed by atoms with van der Waals surface area (Å²) in [5.74, 6) is 0.602. The van der Waals surface area contributed by atoms with Crippen LogP contribution in [0.1, 0.15) is 16.7 Å². The van der Waals surface area contributed by atoms with Gasteiger partial charge in [-0.15, -0.1) is 0 Å². The molecule has 0 bridgehead atoms. The number of hydrogen-bond acceptors (Lipinski definition) is 4. The third-order valence-electron chi connectivity index (χ3n) is 4.10. The minimum absolute atomic E-state index is 0.109. The first-order chi connectivity index (χ1) is 12.5. The van der Waals surface area contributed by atoms with Gasteiger partial charge >= 0.3 is 0 Å². The molecule has 1 saturated heterocycles. The molecule has 0 saturated carbocycles. The number of benzene rings is 2. The summed E-state index contributed by atoms with van der Waals surface area (Å²) < 4.78 is 6.21. The highest BCUT2D eigenvalue weighted by molar-refractivity contribution is 8.27. The summed E-state index contributed by atoms with van der Waals surface area (Å²) in [6.45, 7) is 8.15. The van der Waals surface area contributed by atoms with E-state index in [1.54, 1.807) is 11.0 Å². The van der Waals surface area contributed by atoms with Gasteiger partial charge in [-0.3, -0.25) is 9.69 Å². The van der Waals surface area contributed by atoms with Crippen molar-refractivity contribution in [3.8, 4) is 5.75 Å². The molecule has 3 rings (SSSR count). The van der Waals surface area contributed by atoms with Crippen molar-refractivity contribution in [2.24, 2.45) is 0 Å². The van der Waals surface area contributed by atoms with E-state index in [1.165, 1.54) is 17.3 Å². The number of rotatable bonds is 5. The van der Waals surface area contributed by atoms with Gasteiger partial charge in [0.05, 0.1) is 10.6 Å². The Kier molecular flexibility index (Phi) is 5.59. The number of ether oxygens (including phenoxy) is 1. The molecule has 132 valence electrons. The number of para-hydroxylation sites is 1. The first-order valence-corrected chi connectivity index (χ1v) is 9.41. The van der Waals surface area contributed by atoms with Gasteiger partial charge in [0.1, 0.15) is 12.4 Å². The Hall–Kier alpha value is -2.37. The lowest BCUT2D eigenvalue weighted by molar-refractivity contribution is -0.113. The van der Waals surface area contributed by atoms with Crippen LogP contribution in [-0.2, 0) is 4.79 Å². The highest BCUT2D eigenvalue weighted by Crippen LogP contribution is 2.37. The molecule has 26 heavy (non-hydrogen) atoms. The van der Waals surface area contributed by atoms with Gasteiger partial charge in [-0.2, -0.15) is 0 Å². The molecule has 3 nitrogen and oxygen atoms in total. The van der Waals surface area contributed by atoms with Gasteiger partial charge in [-0.25, -0.2) is 0 Å². The van der Waals surface area contributed by atoms with Crippen LogP contribution < -0.4 is 9.64 Å². The van der Waals surface area contributed by atoms with E-state index in [1.807, 2.05) is 62.4 Å². The van der Waals surface area contributed by atoms with Crippen molar-refractivity contribution < 1.29 is 9.53 Å². The second kappa shape index (κ2) is 7.89. The Morgan fingerprint density at radius 3 is 2.69 bits per heavy atom. The van der Waals surface area contributed by atoms with Crippen LogP contribution in [0.4, 0.5) is 5.69 Å². The topological polar surface area (TPSA) is 29.5 Å². The molecule has 1 aliphatic heterocycles. The van der Waals surface area contributed by atoms with E-state index in [4.69, 9.17) is 17.0 Å². The fourth-order valence-electron chi connectivity index (χ4n) is 2.58. The van der Waals surface area contributed by atoms with Crippen molar-refractivity contribution in [3.63, 3.8) is 0 Å². The third-order valence-corrected chi connectivity index (χ3v) is 5.41. The van der Waals surface area contributed by atoms with Crippen LogP contribution in [0.5, 0.6) is 5.75 Å². The van der Waals surface area contributed by atoms with Crippen molar-refractivity contribution in [2.45, 2.75) is 13.8 Å². The van der Waals surface area contributed by atoms with E-state index in [0.717, 1.165) is 16.8 Å². The number of anilines is 1. The Labute approximate surface area is 163 Å². The molecule has 0 radical (unpaired) electrons. The average molecular weight is 382 g/mol. The number of amides is 1. The van der Waals surface area contributed by atoms with Crippen molar-refractivity contribution in [3.05, 3.63) is 76.7 Å². The quantitative estimate of drug-likeness (QED) is 0.401.